The molecule has 194 valence electrons. The quantitative estimate of drug-likeness (QED) is 0.129. The average Bonchev–Trinajstić information content (AvgIpc) is 2.84. The SMILES string of the molecule is COC(=O)C(CCCNC(N)N)NC(=O)C(Cc1ccccc1)NC(=O)/N=N/c1ccc(C)cc1C. The summed E-state index contributed by atoms with van der Waals surface area (Å²) in [4.78, 5) is 38.0. The first-order valence-corrected chi connectivity index (χ1v) is 11.7. The van der Waals surface area contributed by atoms with Crippen molar-refractivity contribution in [2.45, 2.75) is 51.5 Å². The van der Waals surface area contributed by atoms with E-state index in [0.717, 1.165) is 16.7 Å². The minimum absolute atomic E-state index is 0.189. The summed E-state index contributed by atoms with van der Waals surface area (Å²) in [5, 5.41) is 15.9. The number of nitrogens with two attached hydrogens (primary N) is 2. The van der Waals surface area contributed by atoms with Gasteiger partial charge in [-0.15, -0.1) is 5.11 Å². The third kappa shape index (κ3) is 9.90. The van der Waals surface area contributed by atoms with E-state index in [2.05, 4.69) is 26.2 Å². The molecule has 0 saturated heterocycles. The van der Waals surface area contributed by atoms with E-state index in [1.807, 2.05) is 56.3 Å². The Balaban J connectivity index is 2.13. The lowest BCUT2D eigenvalue weighted by Crippen LogP contribution is -2.52. The second-order valence-electron chi connectivity index (χ2n) is 8.39. The highest BCUT2D eigenvalue weighted by Gasteiger charge is 2.27. The largest absolute Gasteiger partial charge is 0.467 e. The molecule has 2 rings (SSSR count). The van der Waals surface area contributed by atoms with E-state index in [1.165, 1.54) is 7.11 Å². The van der Waals surface area contributed by atoms with Crippen LogP contribution in [0.15, 0.2) is 58.8 Å². The van der Waals surface area contributed by atoms with Gasteiger partial charge in [0.2, 0.25) is 5.91 Å². The van der Waals surface area contributed by atoms with Crippen molar-refractivity contribution in [3.8, 4) is 0 Å². The van der Waals surface area contributed by atoms with Crippen LogP contribution in [-0.2, 0) is 20.7 Å². The molecule has 7 N–H and O–H groups in total. The fraction of sp³-hybridized carbons (Fsp3) is 0.400. The van der Waals surface area contributed by atoms with Crippen LogP contribution < -0.4 is 27.4 Å². The molecule has 0 heterocycles. The van der Waals surface area contributed by atoms with Gasteiger partial charge in [-0.1, -0.05) is 53.1 Å². The highest BCUT2D eigenvalue weighted by molar-refractivity contribution is 5.90. The molecule has 0 spiro atoms. The highest BCUT2D eigenvalue weighted by Crippen LogP contribution is 2.19. The van der Waals surface area contributed by atoms with Crippen LogP contribution in [0.3, 0.4) is 0 Å². The molecule has 2 aromatic carbocycles. The van der Waals surface area contributed by atoms with Gasteiger partial charge in [0.1, 0.15) is 18.4 Å². The van der Waals surface area contributed by atoms with Crippen molar-refractivity contribution in [3.05, 3.63) is 65.2 Å². The Morgan fingerprint density at radius 2 is 1.72 bits per heavy atom. The molecule has 2 atom stereocenters. The second kappa shape index (κ2) is 14.7. The molecule has 2 unspecified atom stereocenters. The van der Waals surface area contributed by atoms with Crippen molar-refractivity contribution in [1.82, 2.24) is 16.0 Å². The summed E-state index contributed by atoms with van der Waals surface area (Å²) < 4.78 is 4.83. The third-order valence-corrected chi connectivity index (χ3v) is 5.35. The molecular weight excluding hydrogens is 462 g/mol. The fourth-order valence-electron chi connectivity index (χ4n) is 3.49. The Bertz CT molecular complexity index is 1040. The van der Waals surface area contributed by atoms with Gasteiger partial charge >= 0.3 is 12.0 Å². The molecule has 11 heteroatoms. The van der Waals surface area contributed by atoms with Crippen molar-refractivity contribution in [1.29, 1.82) is 0 Å². The van der Waals surface area contributed by atoms with Gasteiger partial charge in [0.15, 0.2) is 0 Å². The predicted molar refractivity (Wildman–Crippen MR) is 136 cm³/mol. The number of rotatable bonds is 12. The number of carbonyl (C=O) groups excluding carboxylic acids is 3. The Morgan fingerprint density at radius 3 is 2.36 bits per heavy atom. The number of ether oxygens (including phenoxy) is 1. The molecule has 0 radical (unpaired) electrons. The number of amides is 3. The maximum Gasteiger partial charge on any atom is 0.360 e. The summed E-state index contributed by atoms with van der Waals surface area (Å²) in [5.41, 5.74) is 14.2. The minimum Gasteiger partial charge on any atom is -0.467 e. The molecule has 36 heavy (non-hydrogen) atoms. The van der Waals surface area contributed by atoms with Gasteiger partial charge in [-0.2, -0.15) is 0 Å². The van der Waals surface area contributed by atoms with Crippen molar-refractivity contribution in [2.24, 2.45) is 21.7 Å². The molecule has 0 saturated carbocycles. The Morgan fingerprint density at radius 1 is 1.00 bits per heavy atom. The van der Waals surface area contributed by atoms with Gasteiger partial charge in [0, 0.05) is 6.42 Å². The topological polar surface area (TPSA) is 173 Å². The zero-order valence-electron chi connectivity index (χ0n) is 20.9. The van der Waals surface area contributed by atoms with Gasteiger partial charge in [-0.3, -0.25) is 10.1 Å². The number of urea groups is 1. The van der Waals surface area contributed by atoms with Crippen LogP contribution in [0.2, 0.25) is 0 Å². The molecule has 0 bridgehead atoms. The van der Waals surface area contributed by atoms with E-state index >= 15 is 0 Å². The standard InChI is InChI=1S/C25H35N7O4/c1-16-11-12-19(17(2)14-16)31-32-25(35)30-21(15-18-8-5-4-6-9-18)22(33)29-20(23(34)36-3)10-7-13-28-24(26)27/h4-6,8-9,11-12,14,20-21,24,28H,7,10,13,15,26-27H2,1-3H3,(H,29,33)(H,30,35)/b32-31+. The van der Waals surface area contributed by atoms with Crippen LogP contribution in [0.4, 0.5) is 10.5 Å². The van der Waals surface area contributed by atoms with Crippen LogP contribution in [-0.4, -0.2) is 49.9 Å². The lowest BCUT2D eigenvalue weighted by atomic mass is 10.0. The monoisotopic (exact) mass is 497 g/mol. The van der Waals surface area contributed by atoms with Crippen molar-refractivity contribution in [3.63, 3.8) is 0 Å². The van der Waals surface area contributed by atoms with Gasteiger partial charge in [0.05, 0.1) is 12.8 Å². The van der Waals surface area contributed by atoms with E-state index in [-0.39, 0.29) is 12.8 Å². The van der Waals surface area contributed by atoms with Gasteiger partial charge in [-0.05, 0) is 50.4 Å². The van der Waals surface area contributed by atoms with E-state index in [0.29, 0.717) is 18.7 Å². The number of hydrogen-bond acceptors (Lipinski definition) is 8. The average molecular weight is 498 g/mol. The van der Waals surface area contributed by atoms with Crippen LogP contribution in [0.1, 0.15) is 29.5 Å². The summed E-state index contributed by atoms with van der Waals surface area (Å²) in [6, 6.07) is 12.1. The van der Waals surface area contributed by atoms with E-state index in [4.69, 9.17) is 16.2 Å². The first kappa shape index (κ1) is 28.6. The van der Waals surface area contributed by atoms with Crippen LogP contribution in [0.25, 0.3) is 0 Å². The van der Waals surface area contributed by atoms with Crippen molar-refractivity contribution in [2.75, 3.05) is 13.7 Å². The highest BCUT2D eigenvalue weighted by atomic mass is 16.5. The van der Waals surface area contributed by atoms with Gasteiger partial charge in [0.25, 0.3) is 0 Å². The molecule has 0 aliphatic carbocycles. The summed E-state index contributed by atoms with van der Waals surface area (Å²) in [6.07, 6.45) is 0.301. The summed E-state index contributed by atoms with van der Waals surface area (Å²) in [7, 11) is 1.24. The van der Waals surface area contributed by atoms with Gasteiger partial charge < -0.3 is 26.8 Å². The third-order valence-electron chi connectivity index (χ3n) is 5.35. The molecule has 0 aromatic heterocycles. The second-order valence-corrected chi connectivity index (χ2v) is 8.39. The summed E-state index contributed by atoms with van der Waals surface area (Å²) in [5.74, 6) is -1.15. The van der Waals surface area contributed by atoms with Crippen LogP contribution in [0.5, 0.6) is 0 Å². The van der Waals surface area contributed by atoms with Gasteiger partial charge in [-0.25, -0.2) is 9.59 Å². The van der Waals surface area contributed by atoms with E-state index < -0.39 is 36.3 Å². The number of nitrogens with one attached hydrogen (secondary N) is 3. The number of nitrogens with zero attached hydrogens (tertiary/aromatic N) is 2. The Labute approximate surface area is 211 Å². The molecule has 0 fully saturated rings. The zero-order valence-corrected chi connectivity index (χ0v) is 20.9. The predicted octanol–water partition coefficient (Wildman–Crippen LogP) is 1.94. The number of methoxy groups -OCH3 is 1. The number of carbonyl (C=O) groups is 3. The van der Waals surface area contributed by atoms with Crippen molar-refractivity contribution < 1.29 is 19.1 Å². The van der Waals surface area contributed by atoms with Crippen molar-refractivity contribution >= 4 is 23.6 Å². The lowest BCUT2D eigenvalue weighted by Gasteiger charge is -2.22. The van der Waals surface area contributed by atoms with Crippen LogP contribution in [0, 0.1) is 13.8 Å². The molecule has 11 nitrogen and oxygen atoms in total. The first-order chi connectivity index (χ1) is 17.2. The number of esters is 1. The molecule has 0 aliphatic heterocycles. The lowest BCUT2D eigenvalue weighted by molar-refractivity contribution is -0.145. The smallest absolute Gasteiger partial charge is 0.360 e. The van der Waals surface area contributed by atoms with E-state index in [9.17, 15) is 14.4 Å². The number of benzene rings is 2. The summed E-state index contributed by atoms with van der Waals surface area (Å²) in [6.45, 7) is 4.28. The van der Waals surface area contributed by atoms with E-state index in [1.54, 1.807) is 6.07 Å². The molecule has 2 aromatic rings. The Hall–Kier alpha value is -3.67. The molecule has 3 amide bonds. The summed E-state index contributed by atoms with van der Waals surface area (Å²) >= 11 is 0. The maximum absolute atomic E-state index is 13.2. The maximum atomic E-state index is 13.2. The molecular formula is C25H35N7O4. The minimum atomic E-state index is -0.999. The number of azo groups is 1. The zero-order chi connectivity index (χ0) is 26.5. The number of aryl methyl sites for hydroxylation is 2. The number of hydrogen-bond donors (Lipinski definition) is 5. The Kier molecular flexibility index (Phi) is 11.6. The molecule has 0 aliphatic rings. The first-order valence-electron chi connectivity index (χ1n) is 11.7. The normalized spacial score (nSPS) is 12.8. The van der Waals surface area contributed by atoms with Crippen LogP contribution >= 0.6 is 0 Å². The fourth-order valence-corrected chi connectivity index (χ4v) is 3.49.